The number of nitrogens with one attached hydrogen (secondary N) is 1. The highest BCUT2D eigenvalue weighted by molar-refractivity contribution is 7.89. The van der Waals surface area contributed by atoms with Crippen molar-refractivity contribution in [3.05, 3.63) is 24.3 Å². The highest BCUT2D eigenvalue weighted by Gasteiger charge is 2.39. The van der Waals surface area contributed by atoms with E-state index in [-0.39, 0.29) is 17.6 Å². The maximum absolute atomic E-state index is 12.8. The molecule has 3 atom stereocenters. The van der Waals surface area contributed by atoms with Crippen molar-refractivity contribution in [3.63, 3.8) is 0 Å². The van der Waals surface area contributed by atoms with Gasteiger partial charge in [0.25, 0.3) is 0 Å². The Morgan fingerprint density at radius 2 is 2.00 bits per heavy atom. The maximum atomic E-state index is 12.8. The van der Waals surface area contributed by atoms with Gasteiger partial charge >= 0.3 is 0 Å². The van der Waals surface area contributed by atoms with E-state index in [0.29, 0.717) is 19.0 Å². The van der Waals surface area contributed by atoms with Crippen LogP contribution in [0.2, 0.25) is 0 Å². The number of fused-ring (bicyclic) bond motifs is 3. The number of rotatable bonds is 7. The zero-order valence-electron chi connectivity index (χ0n) is 16.7. The summed E-state index contributed by atoms with van der Waals surface area (Å²) < 4.78 is 29.2. The van der Waals surface area contributed by atoms with Gasteiger partial charge in [-0.2, -0.15) is 0 Å². The van der Waals surface area contributed by atoms with Gasteiger partial charge in [-0.15, -0.1) is 10.2 Å². The van der Waals surface area contributed by atoms with Crippen LogP contribution in [0.4, 0.5) is 0 Å². The molecule has 1 fully saturated rings. The third-order valence-corrected chi connectivity index (χ3v) is 8.36. The van der Waals surface area contributed by atoms with Gasteiger partial charge in [0.1, 0.15) is 5.82 Å². The van der Waals surface area contributed by atoms with Gasteiger partial charge in [0, 0.05) is 25.2 Å². The molecular weight excluding hydrogens is 376 g/mol. The molecule has 3 aromatic rings. The number of aromatic amines is 1. The first-order chi connectivity index (χ1) is 13.5. The van der Waals surface area contributed by atoms with Crippen molar-refractivity contribution >= 4 is 26.8 Å². The Bertz CT molecular complexity index is 1070. The predicted octanol–water partition coefficient (Wildman–Crippen LogP) is 2.80. The molecule has 3 aromatic heterocycles. The molecule has 4 rings (SSSR count). The summed E-state index contributed by atoms with van der Waals surface area (Å²) in [7, 11) is -3.22. The summed E-state index contributed by atoms with van der Waals surface area (Å²) in [5.74, 6) is 1.91. The molecule has 0 spiro atoms. The van der Waals surface area contributed by atoms with Crippen LogP contribution >= 0.6 is 0 Å². The Morgan fingerprint density at radius 3 is 2.71 bits per heavy atom. The monoisotopic (exact) mass is 404 g/mol. The Balaban J connectivity index is 1.66. The molecular formula is C19H28N6O2S. The molecule has 0 aromatic carbocycles. The van der Waals surface area contributed by atoms with Crippen molar-refractivity contribution in [2.45, 2.75) is 46.0 Å². The van der Waals surface area contributed by atoms with E-state index < -0.39 is 10.0 Å². The van der Waals surface area contributed by atoms with Crippen LogP contribution in [0.1, 0.15) is 51.8 Å². The lowest BCUT2D eigenvalue weighted by molar-refractivity contribution is 0.429. The van der Waals surface area contributed by atoms with Crippen molar-refractivity contribution < 1.29 is 8.42 Å². The number of hydrogen-bond donors (Lipinski definition) is 1. The van der Waals surface area contributed by atoms with E-state index in [9.17, 15) is 8.42 Å². The van der Waals surface area contributed by atoms with Gasteiger partial charge in [0.15, 0.2) is 11.3 Å². The summed E-state index contributed by atoms with van der Waals surface area (Å²) in [6.07, 6.45) is 6.34. The molecule has 0 aliphatic heterocycles. The Kier molecular flexibility index (Phi) is 5.13. The van der Waals surface area contributed by atoms with E-state index in [1.807, 2.05) is 26.1 Å². The summed E-state index contributed by atoms with van der Waals surface area (Å²) in [6, 6.07) is 1.99. The number of hydrogen-bond acceptors (Lipinski definition) is 5. The molecule has 1 saturated carbocycles. The van der Waals surface area contributed by atoms with Crippen LogP contribution in [0.25, 0.3) is 16.8 Å². The molecule has 9 heteroatoms. The van der Waals surface area contributed by atoms with Crippen LogP contribution in [0.15, 0.2) is 18.5 Å². The molecule has 0 radical (unpaired) electrons. The Morgan fingerprint density at radius 1 is 1.21 bits per heavy atom. The molecule has 1 aliphatic rings. The predicted molar refractivity (Wildman–Crippen MR) is 109 cm³/mol. The summed E-state index contributed by atoms with van der Waals surface area (Å²) in [5, 5.41) is 8.83. The first-order valence-electron chi connectivity index (χ1n) is 10.1. The SMILES string of the molecule is CC[C@@H]1C[C@@H](CS(=O)(=O)N(CC)CC)C[C@H]1c1nnc2cnc3[nH]ccc3n12. The van der Waals surface area contributed by atoms with Crippen LogP contribution in [-0.2, 0) is 10.0 Å². The normalized spacial score (nSPS) is 23.4. The summed E-state index contributed by atoms with van der Waals surface area (Å²) in [6.45, 7) is 7.02. The van der Waals surface area contributed by atoms with Crippen LogP contribution in [-0.4, -0.2) is 56.1 Å². The number of aromatic nitrogens is 5. The number of sulfonamides is 1. The Hall–Kier alpha value is -2.00. The number of H-pyrrole nitrogens is 1. The van der Waals surface area contributed by atoms with Gasteiger partial charge in [-0.25, -0.2) is 17.7 Å². The second-order valence-corrected chi connectivity index (χ2v) is 9.71. The van der Waals surface area contributed by atoms with Crippen LogP contribution in [0.3, 0.4) is 0 Å². The van der Waals surface area contributed by atoms with Crippen molar-refractivity contribution in [2.75, 3.05) is 18.8 Å². The minimum absolute atomic E-state index is 0.149. The maximum Gasteiger partial charge on any atom is 0.214 e. The van der Waals surface area contributed by atoms with Crippen molar-refractivity contribution in [1.82, 2.24) is 28.9 Å². The zero-order chi connectivity index (χ0) is 19.9. The largest absolute Gasteiger partial charge is 0.345 e. The first kappa shape index (κ1) is 19.3. The van der Waals surface area contributed by atoms with E-state index in [1.54, 1.807) is 10.5 Å². The number of nitrogens with zero attached hydrogens (tertiary/aromatic N) is 5. The third kappa shape index (κ3) is 3.20. The minimum atomic E-state index is -3.22. The first-order valence-corrected chi connectivity index (χ1v) is 11.7. The molecule has 0 bridgehead atoms. The van der Waals surface area contributed by atoms with Gasteiger partial charge in [0.05, 0.1) is 17.5 Å². The average molecular weight is 405 g/mol. The standard InChI is InChI=1S/C19H28N6O2S/c1-4-14-9-13(12-28(26,27)24(5-2)6-3)10-15(14)19-23-22-17-11-21-18-16(25(17)19)7-8-20-18/h7-8,11,13-15,20H,4-6,9-10,12H2,1-3H3/t13-,14-,15-/m1/s1. The zero-order valence-corrected chi connectivity index (χ0v) is 17.5. The molecule has 0 saturated heterocycles. The molecule has 152 valence electrons. The van der Waals surface area contributed by atoms with Gasteiger partial charge in [-0.05, 0) is 30.7 Å². The van der Waals surface area contributed by atoms with E-state index in [2.05, 4.69) is 31.5 Å². The fraction of sp³-hybridized carbons (Fsp3) is 0.632. The van der Waals surface area contributed by atoms with Crippen molar-refractivity contribution in [3.8, 4) is 0 Å². The molecule has 8 nitrogen and oxygen atoms in total. The molecule has 3 heterocycles. The average Bonchev–Trinajstić information content (AvgIpc) is 3.38. The van der Waals surface area contributed by atoms with Gasteiger partial charge in [0.2, 0.25) is 10.0 Å². The molecule has 1 aliphatic carbocycles. The van der Waals surface area contributed by atoms with Crippen LogP contribution in [0, 0.1) is 11.8 Å². The Labute approximate surface area is 165 Å². The third-order valence-electron chi connectivity index (χ3n) is 6.16. The van der Waals surface area contributed by atoms with Crippen LogP contribution < -0.4 is 0 Å². The van der Waals surface area contributed by atoms with Gasteiger partial charge in [-0.1, -0.05) is 27.2 Å². The summed E-state index contributed by atoms with van der Waals surface area (Å²) >= 11 is 0. The van der Waals surface area contributed by atoms with Gasteiger partial charge in [-0.3, -0.25) is 4.40 Å². The topological polar surface area (TPSA) is 96.2 Å². The van der Waals surface area contributed by atoms with Crippen molar-refractivity contribution in [1.29, 1.82) is 0 Å². The lowest BCUT2D eigenvalue weighted by Crippen LogP contribution is -2.34. The fourth-order valence-electron chi connectivity index (χ4n) is 4.80. The second-order valence-electron chi connectivity index (χ2n) is 7.70. The summed E-state index contributed by atoms with van der Waals surface area (Å²) in [4.78, 5) is 7.52. The lowest BCUT2D eigenvalue weighted by Gasteiger charge is -2.20. The minimum Gasteiger partial charge on any atom is -0.345 e. The van der Waals surface area contributed by atoms with Gasteiger partial charge < -0.3 is 4.98 Å². The molecule has 0 amide bonds. The molecule has 1 N–H and O–H groups in total. The second kappa shape index (κ2) is 7.44. The quantitative estimate of drug-likeness (QED) is 0.653. The fourth-order valence-corrected chi connectivity index (χ4v) is 6.67. The van der Waals surface area contributed by atoms with E-state index >= 15 is 0 Å². The highest BCUT2D eigenvalue weighted by atomic mass is 32.2. The van der Waals surface area contributed by atoms with Crippen molar-refractivity contribution in [2.24, 2.45) is 11.8 Å². The van der Waals surface area contributed by atoms with E-state index in [4.69, 9.17) is 0 Å². The molecule has 28 heavy (non-hydrogen) atoms. The lowest BCUT2D eigenvalue weighted by atomic mass is 9.93. The van der Waals surface area contributed by atoms with Crippen LogP contribution in [0.5, 0.6) is 0 Å². The van der Waals surface area contributed by atoms with E-state index in [1.165, 1.54) is 0 Å². The summed E-state index contributed by atoms with van der Waals surface area (Å²) in [5.41, 5.74) is 2.50. The highest BCUT2D eigenvalue weighted by Crippen LogP contribution is 2.45. The smallest absolute Gasteiger partial charge is 0.214 e. The molecule has 0 unspecified atom stereocenters. The van der Waals surface area contributed by atoms with E-state index in [0.717, 1.165) is 41.9 Å².